The lowest BCUT2D eigenvalue weighted by Gasteiger charge is -2.35. The fraction of sp³-hybridized carbons (Fsp3) is 0.456. The molecule has 0 atom stereocenters. The Morgan fingerprint density at radius 3 is 1.02 bits per heavy atom. The monoisotopic (exact) mass is 3980 g/mol. The second-order valence-electron chi connectivity index (χ2n) is 31.2. The second kappa shape index (κ2) is 67.4. The molecule has 5 aliphatic rings. The Balaban J connectivity index is 0.000000225. The van der Waals surface area contributed by atoms with E-state index in [1.54, 1.807) is 18.2 Å². The molecule has 5 heterocycles. The summed E-state index contributed by atoms with van der Waals surface area (Å²) in [6.07, 6.45) is 5.42. The van der Waals surface area contributed by atoms with Gasteiger partial charge in [-0.15, -0.1) is 0 Å². The van der Waals surface area contributed by atoms with Crippen LogP contribution in [0.1, 0.15) is 125 Å². The zero-order valence-corrected chi connectivity index (χ0v) is 115. The number of piperidine rings is 1. The minimum Gasteiger partial charge on any atom is -0.506 e. The number of hydrogen-bond donors (Lipinski definition) is 1. The lowest BCUT2D eigenvalue weighted by atomic mass is 10.1. The molecule has 0 amide bonds. The SMILES string of the molecule is CC(C)(C)N(CCOC(=O)c1cc(I)cc(I)c1I)CCOC(=O)c1c(I)ccc(I)c1I.O=C(OCCCN1CCOCC1)c1cc(I)cc(I)c1I.O=C(OCCCN1CCS(=O)(=O)CC1)c1cc(I)ccc1Br.O=C(OCCN1CCCCC1)c1cc(I)cc(I)c1I.O=C(OCCN1CCOCC1)c1cc(I)cc(I)c1I.O=C(OCCN1CCOCC1)c1cc(I)cc(I)c1O. The third-order valence-electron chi connectivity index (χ3n) is 20.5. The summed E-state index contributed by atoms with van der Waals surface area (Å²) in [6, 6.07) is 28.6. The number of morpholine rings is 3. The van der Waals surface area contributed by atoms with Gasteiger partial charge in [0, 0.05) is 169 Å². The summed E-state index contributed by atoms with van der Waals surface area (Å²) in [5, 5.41) is 9.90. The Bertz CT molecular complexity index is 5060. The van der Waals surface area contributed by atoms with Crippen LogP contribution < -0.4 is 0 Å². The van der Waals surface area contributed by atoms with Gasteiger partial charge in [0.2, 0.25) is 0 Å². The topological polar surface area (TPSA) is 286 Å². The van der Waals surface area contributed by atoms with Gasteiger partial charge in [-0.25, -0.2) is 42.0 Å². The second-order valence-corrected chi connectivity index (χ2v) is 55.4. The summed E-state index contributed by atoms with van der Waals surface area (Å²) < 4.78 is 94.7. The summed E-state index contributed by atoms with van der Waals surface area (Å²) in [4.78, 5) is 99.2. The number of halogens is 19. The maximum Gasteiger partial charge on any atom is 0.342 e. The molecule has 0 spiro atoms. The third kappa shape index (κ3) is 46.4. The number of phenolic OH excluding ortho intramolecular Hbond substituents is 1. The number of nitrogens with zero attached hydrogens (tertiary/aromatic N) is 6. The Morgan fingerprint density at radius 2 is 0.640 bits per heavy atom. The van der Waals surface area contributed by atoms with Crippen molar-refractivity contribution in [2.75, 3.05) is 209 Å². The van der Waals surface area contributed by atoms with Gasteiger partial charge in [-0.05, 0) is 573 Å². The lowest BCUT2D eigenvalue weighted by molar-refractivity contribution is 0.0189. The standard InChI is InChI=1S/C22H21I6NO4.C14H17BrINO4S.C14H16I3NO3.C14H16I3NO2.C13H14I3NO3.C13H15I2NO4/c1-22(2,3)29(6-8-32-20(30)13-10-12(23)11-16(26)18(13)27)7-9-33-21(31)17-14(24)4-5-15(25)19(17)28;15-13-3-2-11(16)10-12(13)14(18)21-7-1-4-17-5-8-22(19,20)9-6-17;15-10-8-11(13(17)12(16)9-10)14(19)21-5-1-2-18-3-6-20-7-4-18;15-10-8-11(13(17)12(16)9-10)14(19)20-7-6-18-4-2-1-3-5-18;14-9-7-10(12(16)11(15)8-9)13(18)20-6-3-17-1-4-19-5-2-17;14-9-7-10(12(17)11(15)8-9)13(18)20-6-3-16-1-4-19-5-2-16/h4-5,10-11H,6-9H2,1-3H3;2-3,10H,1,4-9H2;8-9H,1-7H2;8-9H,1-7H2;7-8H,1-6H2;7-8,17H,1-6H2. The van der Waals surface area contributed by atoms with Crippen molar-refractivity contribution < 1.29 is 94.5 Å². The Kier molecular flexibility index (Phi) is 62.8. The Morgan fingerprint density at radius 1 is 0.338 bits per heavy atom. The van der Waals surface area contributed by atoms with E-state index in [0.717, 1.165) is 190 Å². The molecule has 0 aromatic heterocycles. The number of esters is 7. The van der Waals surface area contributed by atoms with E-state index in [1.165, 1.54) is 19.3 Å². The van der Waals surface area contributed by atoms with Gasteiger partial charge in [0.15, 0.2) is 9.84 Å². The van der Waals surface area contributed by atoms with Crippen molar-refractivity contribution in [2.45, 2.75) is 58.4 Å². The summed E-state index contributed by atoms with van der Waals surface area (Å²) >= 11 is 42.8. The molecule has 0 aliphatic carbocycles. The minimum absolute atomic E-state index is 0.0117. The number of carbonyl (C=O) groups is 7. The first-order chi connectivity index (χ1) is 64.5. The van der Waals surface area contributed by atoms with Crippen molar-refractivity contribution in [1.82, 2.24) is 29.4 Å². The van der Waals surface area contributed by atoms with Crippen molar-refractivity contribution >= 4 is 474 Å². The van der Waals surface area contributed by atoms with Gasteiger partial charge in [-0.2, -0.15) is 0 Å². The zero-order valence-electron chi connectivity index (χ0n) is 73.8. The van der Waals surface area contributed by atoms with Gasteiger partial charge in [-0.3, -0.25) is 24.5 Å². The number of ether oxygens (including phenoxy) is 10. The number of rotatable bonds is 30. The van der Waals surface area contributed by atoms with E-state index in [9.17, 15) is 47.1 Å². The van der Waals surface area contributed by atoms with E-state index < -0.39 is 15.8 Å². The fourth-order valence-corrected chi connectivity index (χ4v) is 28.9. The summed E-state index contributed by atoms with van der Waals surface area (Å²) in [6.45, 7) is 27.4. The number of phenols is 1. The van der Waals surface area contributed by atoms with Crippen LogP contribution in [0.15, 0.2) is 95.5 Å². The van der Waals surface area contributed by atoms with Crippen LogP contribution in [-0.2, 0) is 57.2 Å². The molecule has 0 bridgehead atoms. The predicted octanol–water partition coefficient (Wildman–Crippen LogP) is 22.4. The first-order valence-electron chi connectivity index (χ1n) is 42.4. The molecule has 5 aliphatic heterocycles. The van der Waals surface area contributed by atoms with Crippen LogP contribution in [0, 0.1) is 64.3 Å². The molecule has 5 saturated heterocycles. The number of sulfone groups is 1. The molecule has 0 saturated carbocycles. The molecule has 136 heavy (non-hydrogen) atoms. The average Bonchev–Trinajstić information content (AvgIpc) is 0.821. The van der Waals surface area contributed by atoms with E-state index in [4.69, 9.17) is 47.4 Å². The summed E-state index contributed by atoms with van der Waals surface area (Å²) in [7, 11) is -2.84. The largest absolute Gasteiger partial charge is 0.506 e. The van der Waals surface area contributed by atoms with Gasteiger partial charge in [0.25, 0.3) is 0 Å². The summed E-state index contributed by atoms with van der Waals surface area (Å²) in [5.41, 5.74) is 3.78. The number of carbonyl (C=O) groups excluding carboxylic acids is 7. The van der Waals surface area contributed by atoms with Gasteiger partial charge < -0.3 is 57.4 Å². The highest BCUT2D eigenvalue weighted by Crippen LogP contribution is 2.32. The van der Waals surface area contributed by atoms with Crippen molar-refractivity contribution in [1.29, 1.82) is 0 Å². The molecule has 46 heteroatoms. The predicted molar refractivity (Wildman–Crippen MR) is 683 cm³/mol. The smallest absolute Gasteiger partial charge is 0.342 e. The fourth-order valence-electron chi connectivity index (χ4n) is 13.1. The van der Waals surface area contributed by atoms with Crippen molar-refractivity contribution in [2.24, 2.45) is 0 Å². The normalized spacial score (nSPS) is 15.3. The highest BCUT2D eigenvalue weighted by Gasteiger charge is 2.28. The molecule has 26 nitrogen and oxygen atoms in total. The van der Waals surface area contributed by atoms with E-state index in [-0.39, 0.29) is 77.4 Å². The lowest BCUT2D eigenvalue weighted by Crippen LogP contribution is -2.45. The Labute approximate surface area is 1050 Å². The molecule has 1 N–H and O–H groups in total. The highest BCUT2D eigenvalue weighted by atomic mass is 127. The van der Waals surface area contributed by atoms with Crippen LogP contribution >= 0.6 is 423 Å². The molecule has 0 unspecified atom stereocenters. The summed E-state index contributed by atoms with van der Waals surface area (Å²) in [5.74, 6) is -1.69. The zero-order chi connectivity index (χ0) is 99.9. The molecular weight excluding hydrogens is 3880 g/mol. The molecule has 5 fully saturated rings. The number of benzene rings is 7. The third-order valence-corrected chi connectivity index (χ3v) is 43.5. The molecule has 7 aromatic carbocycles. The van der Waals surface area contributed by atoms with E-state index >= 15 is 0 Å². The highest BCUT2D eigenvalue weighted by molar-refractivity contribution is 14.1. The van der Waals surface area contributed by atoms with Crippen LogP contribution in [0.3, 0.4) is 0 Å². The van der Waals surface area contributed by atoms with Gasteiger partial charge in [-0.1, -0.05) is 6.42 Å². The molecule has 748 valence electrons. The molecular formula is C90H99BrI18N6O20S. The Hall–Kier alpha value is 3.84. The van der Waals surface area contributed by atoms with Gasteiger partial charge in [0.05, 0.1) is 101 Å². The first-order valence-corrected chi connectivity index (χ1v) is 64.4. The van der Waals surface area contributed by atoms with E-state index in [2.05, 4.69) is 462 Å². The minimum atomic E-state index is -2.84. The van der Waals surface area contributed by atoms with Gasteiger partial charge >= 0.3 is 41.8 Å². The number of aromatic hydroxyl groups is 1. The number of likely N-dealkylation sites (tertiary alicyclic amines) is 1. The van der Waals surface area contributed by atoms with Crippen molar-refractivity contribution in [3.05, 3.63) is 199 Å². The van der Waals surface area contributed by atoms with Crippen LogP contribution in [0.2, 0.25) is 0 Å². The maximum absolute atomic E-state index is 12.7. The van der Waals surface area contributed by atoms with E-state index in [1.807, 2.05) is 83.3 Å². The number of hydrogen-bond acceptors (Lipinski definition) is 26. The van der Waals surface area contributed by atoms with Crippen LogP contribution in [0.25, 0.3) is 0 Å². The van der Waals surface area contributed by atoms with Crippen LogP contribution in [-0.4, -0.2) is 299 Å². The molecule has 12 rings (SSSR count). The molecule has 7 aromatic rings. The van der Waals surface area contributed by atoms with Crippen molar-refractivity contribution in [3.63, 3.8) is 0 Å². The van der Waals surface area contributed by atoms with Crippen LogP contribution in [0.4, 0.5) is 0 Å². The van der Waals surface area contributed by atoms with Crippen molar-refractivity contribution in [3.8, 4) is 5.75 Å². The average molecular weight is 3980 g/mol. The van der Waals surface area contributed by atoms with Crippen LogP contribution in [0.5, 0.6) is 5.75 Å². The quantitative estimate of drug-likeness (QED) is 0.0144. The van der Waals surface area contributed by atoms with Gasteiger partial charge in [0.1, 0.15) is 44.3 Å². The van der Waals surface area contributed by atoms with E-state index in [0.29, 0.717) is 109 Å². The molecule has 0 radical (unpaired) electrons. The maximum atomic E-state index is 12.7. The first kappa shape index (κ1) is 127.